The largest absolute Gasteiger partial charge is 0.298 e. The third kappa shape index (κ3) is 2.66. The first-order chi connectivity index (χ1) is 9.56. The number of carbonyl (C=O) groups excluding carboxylic acids is 1. The van der Waals surface area contributed by atoms with Crippen molar-refractivity contribution < 1.29 is 13.2 Å². The van der Waals surface area contributed by atoms with E-state index in [4.69, 9.17) is 0 Å². The number of benzene rings is 1. The molecule has 1 fully saturated rings. The third-order valence-electron chi connectivity index (χ3n) is 4.57. The zero-order valence-corrected chi connectivity index (χ0v) is 12.4. The standard InChI is InChI=1S/C16H20O3S/c17-16(13-4-1-2-5-13)11-20(18,19)15-9-8-12-6-3-7-14(12)10-15/h8-10,13H,1-7,11H2. The van der Waals surface area contributed by atoms with Crippen LogP contribution >= 0.6 is 0 Å². The van der Waals surface area contributed by atoms with Crippen LogP contribution in [0.1, 0.15) is 43.2 Å². The van der Waals surface area contributed by atoms with Gasteiger partial charge in [0, 0.05) is 5.92 Å². The van der Waals surface area contributed by atoms with Gasteiger partial charge in [-0.15, -0.1) is 0 Å². The number of fused-ring (bicyclic) bond motifs is 1. The van der Waals surface area contributed by atoms with Gasteiger partial charge in [-0.3, -0.25) is 4.79 Å². The Morgan fingerprint density at radius 2 is 1.75 bits per heavy atom. The van der Waals surface area contributed by atoms with Crippen molar-refractivity contribution in [3.05, 3.63) is 29.3 Å². The van der Waals surface area contributed by atoms with Crippen molar-refractivity contribution in [2.75, 3.05) is 5.75 Å². The lowest BCUT2D eigenvalue weighted by Crippen LogP contribution is -2.22. The zero-order chi connectivity index (χ0) is 14.2. The van der Waals surface area contributed by atoms with Gasteiger partial charge >= 0.3 is 0 Å². The molecule has 0 atom stereocenters. The first-order valence-corrected chi connectivity index (χ1v) is 9.09. The van der Waals surface area contributed by atoms with Crippen molar-refractivity contribution >= 4 is 15.6 Å². The minimum atomic E-state index is -3.47. The topological polar surface area (TPSA) is 51.2 Å². The molecule has 1 saturated carbocycles. The van der Waals surface area contributed by atoms with E-state index in [1.165, 1.54) is 5.56 Å². The van der Waals surface area contributed by atoms with Crippen LogP contribution in [0.2, 0.25) is 0 Å². The highest BCUT2D eigenvalue weighted by Crippen LogP contribution is 2.28. The molecule has 4 heteroatoms. The molecule has 0 saturated heterocycles. The molecule has 0 N–H and O–H groups in total. The van der Waals surface area contributed by atoms with Crippen LogP contribution in [0.3, 0.4) is 0 Å². The van der Waals surface area contributed by atoms with Crippen molar-refractivity contribution in [2.45, 2.75) is 49.8 Å². The van der Waals surface area contributed by atoms with Gasteiger partial charge in [-0.1, -0.05) is 18.9 Å². The normalized spacial score (nSPS) is 19.2. The van der Waals surface area contributed by atoms with Gasteiger partial charge < -0.3 is 0 Å². The van der Waals surface area contributed by atoms with Crippen molar-refractivity contribution in [1.29, 1.82) is 0 Å². The van der Waals surface area contributed by atoms with E-state index < -0.39 is 9.84 Å². The van der Waals surface area contributed by atoms with Crippen molar-refractivity contribution in [2.24, 2.45) is 5.92 Å². The molecule has 3 nitrogen and oxygen atoms in total. The molecule has 108 valence electrons. The molecule has 2 aliphatic rings. The fourth-order valence-corrected chi connectivity index (χ4v) is 4.75. The van der Waals surface area contributed by atoms with Crippen LogP contribution < -0.4 is 0 Å². The van der Waals surface area contributed by atoms with Crippen molar-refractivity contribution in [3.63, 3.8) is 0 Å². The highest BCUT2D eigenvalue weighted by molar-refractivity contribution is 7.92. The molecule has 2 aliphatic carbocycles. The van der Waals surface area contributed by atoms with Crippen molar-refractivity contribution in [3.8, 4) is 0 Å². The SMILES string of the molecule is O=C(CS(=O)(=O)c1ccc2c(c1)CCC2)C1CCCC1. The molecule has 1 aromatic carbocycles. The van der Waals surface area contributed by atoms with Crippen LogP contribution in [0.15, 0.2) is 23.1 Å². The molecule has 0 bridgehead atoms. The second-order valence-corrected chi connectivity index (χ2v) is 7.98. The van der Waals surface area contributed by atoms with Crippen LogP contribution in [0.5, 0.6) is 0 Å². The summed E-state index contributed by atoms with van der Waals surface area (Å²) in [6, 6.07) is 5.36. The number of carbonyl (C=O) groups is 1. The molecular weight excluding hydrogens is 272 g/mol. The van der Waals surface area contributed by atoms with Crippen LogP contribution in [0.4, 0.5) is 0 Å². The molecular formula is C16H20O3S. The highest BCUT2D eigenvalue weighted by Gasteiger charge is 2.28. The van der Waals surface area contributed by atoms with Gasteiger partial charge in [0.1, 0.15) is 5.75 Å². The summed E-state index contributed by atoms with van der Waals surface area (Å²) in [5, 5.41) is 0. The fourth-order valence-electron chi connectivity index (χ4n) is 3.38. The van der Waals surface area contributed by atoms with E-state index in [2.05, 4.69) is 0 Å². The van der Waals surface area contributed by atoms with Gasteiger partial charge in [0.05, 0.1) is 4.90 Å². The Labute approximate surface area is 120 Å². The van der Waals surface area contributed by atoms with Gasteiger partial charge in [-0.05, 0) is 55.4 Å². The van der Waals surface area contributed by atoms with Gasteiger partial charge in [0.25, 0.3) is 0 Å². The maximum absolute atomic E-state index is 12.4. The Bertz CT molecular complexity index is 625. The van der Waals surface area contributed by atoms with E-state index >= 15 is 0 Å². The number of hydrogen-bond donors (Lipinski definition) is 0. The maximum atomic E-state index is 12.4. The minimum Gasteiger partial charge on any atom is -0.298 e. The van der Waals surface area contributed by atoms with E-state index in [1.54, 1.807) is 12.1 Å². The molecule has 20 heavy (non-hydrogen) atoms. The monoisotopic (exact) mass is 292 g/mol. The van der Waals surface area contributed by atoms with Crippen LogP contribution in [0, 0.1) is 5.92 Å². The van der Waals surface area contributed by atoms with Crippen molar-refractivity contribution in [1.82, 2.24) is 0 Å². The van der Waals surface area contributed by atoms with Gasteiger partial charge in [-0.2, -0.15) is 0 Å². The summed E-state index contributed by atoms with van der Waals surface area (Å²) in [5.41, 5.74) is 2.39. The molecule has 0 unspecified atom stereocenters. The summed E-state index contributed by atoms with van der Waals surface area (Å²) in [5.74, 6) is -0.446. The Morgan fingerprint density at radius 3 is 2.50 bits per heavy atom. The van der Waals surface area contributed by atoms with Gasteiger partial charge in [0.2, 0.25) is 0 Å². The Hall–Kier alpha value is -1.16. The smallest absolute Gasteiger partial charge is 0.185 e. The first kappa shape index (κ1) is 13.8. The molecule has 0 aliphatic heterocycles. The summed E-state index contributed by atoms with van der Waals surface area (Å²) < 4.78 is 24.8. The van der Waals surface area contributed by atoms with Crippen LogP contribution in [-0.4, -0.2) is 20.0 Å². The van der Waals surface area contributed by atoms with E-state index in [9.17, 15) is 13.2 Å². The van der Waals surface area contributed by atoms with E-state index in [1.807, 2.05) is 6.07 Å². The molecule has 0 radical (unpaired) electrons. The summed E-state index contributed by atoms with van der Waals surface area (Å²) >= 11 is 0. The Balaban J connectivity index is 1.79. The number of ketones is 1. The fraction of sp³-hybridized carbons (Fsp3) is 0.562. The van der Waals surface area contributed by atoms with Gasteiger partial charge in [-0.25, -0.2) is 8.42 Å². The predicted octanol–water partition coefficient (Wildman–Crippen LogP) is 2.71. The molecule has 0 spiro atoms. The summed E-state index contributed by atoms with van der Waals surface area (Å²) in [6.07, 6.45) is 6.91. The Morgan fingerprint density at radius 1 is 1.05 bits per heavy atom. The third-order valence-corrected chi connectivity index (χ3v) is 6.21. The average molecular weight is 292 g/mol. The first-order valence-electron chi connectivity index (χ1n) is 7.43. The Kier molecular flexibility index (Phi) is 3.67. The molecule has 0 heterocycles. The lowest BCUT2D eigenvalue weighted by atomic mass is 10.0. The van der Waals surface area contributed by atoms with E-state index in [0.29, 0.717) is 4.90 Å². The van der Waals surface area contributed by atoms with Gasteiger partial charge in [0.15, 0.2) is 15.6 Å². The summed E-state index contributed by atoms with van der Waals surface area (Å²) in [6.45, 7) is 0. The highest BCUT2D eigenvalue weighted by atomic mass is 32.2. The number of hydrogen-bond acceptors (Lipinski definition) is 3. The summed E-state index contributed by atoms with van der Waals surface area (Å²) in [4.78, 5) is 12.4. The maximum Gasteiger partial charge on any atom is 0.185 e. The lowest BCUT2D eigenvalue weighted by Gasteiger charge is -2.10. The summed E-state index contributed by atoms with van der Waals surface area (Å²) in [7, 11) is -3.47. The van der Waals surface area contributed by atoms with E-state index in [0.717, 1.165) is 50.5 Å². The number of Topliss-reactive ketones (excluding diaryl/α,β-unsaturated/α-hetero) is 1. The number of aryl methyl sites for hydroxylation is 2. The minimum absolute atomic E-state index is 0.0285. The quantitative estimate of drug-likeness (QED) is 0.857. The number of sulfone groups is 1. The molecule has 3 rings (SSSR count). The second-order valence-electron chi connectivity index (χ2n) is 5.99. The molecule has 0 aromatic heterocycles. The van der Waals surface area contributed by atoms with E-state index in [-0.39, 0.29) is 17.5 Å². The molecule has 0 amide bonds. The average Bonchev–Trinajstić information content (AvgIpc) is 3.08. The second kappa shape index (κ2) is 5.32. The molecule has 1 aromatic rings. The van der Waals surface area contributed by atoms with Crippen LogP contribution in [-0.2, 0) is 27.5 Å². The van der Waals surface area contributed by atoms with Crippen LogP contribution in [0.25, 0.3) is 0 Å². The lowest BCUT2D eigenvalue weighted by molar-refractivity contribution is -0.120. The predicted molar refractivity (Wildman–Crippen MR) is 77.5 cm³/mol. The zero-order valence-electron chi connectivity index (χ0n) is 11.6. The number of rotatable bonds is 4.